The number of imide groups is 1. The van der Waals surface area contributed by atoms with E-state index in [0.29, 0.717) is 5.02 Å². The van der Waals surface area contributed by atoms with Crippen LogP contribution in [0.2, 0.25) is 5.02 Å². The molecule has 1 aromatic rings. The Balaban J connectivity index is 2.70. The maximum absolute atomic E-state index is 11.8. The summed E-state index contributed by atoms with van der Waals surface area (Å²) in [4.78, 5) is 34.3. The van der Waals surface area contributed by atoms with Crippen molar-refractivity contribution < 1.29 is 19.1 Å². The van der Waals surface area contributed by atoms with Crippen molar-refractivity contribution in [1.29, 1.82) is 0 Å². The molecule has 1 aromatic carbocycles. The van der Waals surface area contributed by atoms with Gasteiger partial charge in [0.2, 0.25) is 0 Å². The maximum atomic E-state index is 11.8. The molecule has 0 spiro atoms. The van der Waals surface area contributed by atoms with Gasteiger partial charge < -0.3 is 15.8 Å². The van der Waals surface area contributed by atoms with E-state index < -0.39 is 24.0 Å². The molecule has 0 radical (unpaired) electrons. The summed E-state index contributed by atoms with van der Waals surface area (Å²) in [6, 6.07) is 3.57. The molecular formula is C12H14ClN3O4. The SMILES string of the molecule is CNC(=O)NC(=O)C(C)OC(=O)c1ccc(Cl)cc1N. The van der Waals surface area contributed by atoms with E-state index in [1.54, 1.807) is 0 Å². The van der Waals surface area contributed by atoms with E-state index in [1.807, 2.05) is 5.32 Å². The molecule has 0 fully saturated rings. The third kappa shape index (κ3) is 4.13. The molecule has 0 bridgehead atoms. The number of hydrogen-bond acceptors (Lipinski definition) is 5. The second-order valence-corrected chi connectivity index (χ2v) is 4.28. The number of benzene rings is 1. The summed E-state index contributed by atoms with van der Waals surface area (Å²) in [6.07, 6.45) is -1.14. The summed E-state index contributed by atoms with van der Waals surface area (Å²) in [5, 5.41) is 4.58. The summed E-state index contributed by atoms with van der Waals surface area (Å²) in [5.74, 6) is -1.52. The predicted octanol–water partition coefficient (Wildman–Crippen LogP) is 0.923. The van der Waals surface area contributed by atoms with Crippen molar-refractivity contribution in [3.8, 4) is 0 Å². The molecule has 0 saturated heterocycles. The van der Waals surface area contributed by atoms with Crippen molar-refractivity contribution in [1.82, 2.24) is 10.6 Å². The van der Waals surface area contributed by atoms with Gasteiger partial charge in [0.1, 0.15) is 0 Å². The zero-order chi connectivity index (χ0) is 15.3. The van der Waals surface area contributed by atoms with Gasteiger partial charge in [-0.3, -0.25) is 10.1 Å². The summed E-state index contributed by atoms with van der Waals surface area (Å²) >= 11 is 5.71. The third-order valence-electron chi connectivity index (χ3n) is 2.35. The van der Waals surface area contributed by atoms with Crippen molar-refractivity contribution in [2.24, 2.45) is 0 Å². The smallest absolute Gasteiger partial charge is 0.341 e. The number of nitrogens with two attached hydrogens (primary N) is 1. The lowest BCUT2D eigenvalue weighted by Gasteiger charge is -2.13. The zero-order valence-corrected chi connectivity index (χ0v) is 11.7. The van der Waals surface area contributed by atoms with Crippen LogP contribution in [-0.4, -0.2) is 31.1 Å². The number of carbonyl (C=O) groups excluding carboxylic acids is 3. The fourth-order valence-corrected chi connectivity index (χ4v) is 1.45. The molecule has 4 N–H and O–H groups in total. The molecule has 108 valence electrons. The quantitative estimate of drug-likeness (QED) is 0.568. The first kappa shape index (κ1) is 15.8. The minimum absolute atomic E-state index is 0.0917. The van der Waals surface area contributed by atoms with Gasteiger partial charge in [0.05, 0.1) is 5.56 Å². The Morgan fingerprint density at radius 1 is 1.35 bits per heavy atom. The van der Waals surface area contributed by atoms with Crippen LogP contribution < -0.4 is 16.4 Å². The molecule has 1 rings (SSSR count). The standard InChI is InChI=1S/C12H14ClN3O4/c1-6(10(17)16-12(19)15-2)20-11(18)8-4-3-7(13)5-9(8)14/h3-6H,14H2,1-2H3,(H2,15,16,17,19). The molecule has 1 unspecified atom stereocenters. The van der Waals surface area contributed by atoms with Crippen molar-refractivity contribution in [3.63, 3.8) is 0 Å². The number of hydrogen-bond donors (Lipinski definition) is 3. The number of amides is 3. The average molecular weight is 300 g/mol. The van der Waals surface area contributed by atoms with Crippen molar-refractivity contribution in [2.45, 2.75) is 13.0 Å². The monoisotopic (exact) mass is 299 g/mol. The number of halogens is 1. The van der Waals surface area contributed by atoms with Crippen molar-refractivity contribution >= 4 is 35.2 Å². The second-order valence-electron chi connectivity index (χ2n) is 3.85. The number of nitrogens with one attached hydrogen (secondary N) is 2. The molecule has 0 aliphatic heterocycles. The van der Waals surface area contributed by atoms with Gasteiger partial charge in [0, 0.05) is 17.8 Å². The first-order valence-corrected chi connectivity index (χ1v) is 6.01. The largest absolute Gasteiger partial charge is 0.449 e. The summed E-state index contributed by atoms with van der Waals surface area (Å²) < 4.78 is 4.91. The first-order valence-electron chi connectivity index (χ1n) is 5.63. The van der Waals surface area contributed by atoms with Gasteiger partial charge in [0.15, 0.2) is 6.10 Å². The van der Waals surface area contributed by atoms with E-state index >= 15 is 0 Å². The normalized spacial score (nSPS) is 11.3. The summed E-state index contributed by atoms with van der Waals surface area (Å²) in [5.41, 5.74) is 5.86. The van der Waals surface area contributed by atoms with Gasteiger partial charge in [-0.15, -0.1) is 0 Å². The van der Waals surface area contributed by atoms with Crippen LogP contribution in [0.3, 0.4) is 0 Å². The molecule has 1 atom stereocenters. The van der Waals surface area contributed by atoms with Crippen molar-refractivity contribution in [3.05, 3.63) is 28.8 Å². The van der Waals surface area contributed by atoms with E-state index in [-0.39, 0.29) is 11.3 Å². The highest BCUT2D eigenvalue weighted by Crippen LogP contribution is 2.19. The van der Waals surface area contributed by atoms with E-state index in [0.717, 1.165) is 0 Å². The number of ether oxygens (including phenoxy) is 1. The van der Waals surface area contributed by atoms with Crippen LogP contribution in [0.25, 0.3) is 0 Å². The van der Waals surface area contributed by atoms with Gasteiger partial charge >= 0.3 is 12.0 Å². The van der Waals surface area contributed by atoms with Crippen LogP contribution >= 0.6 is 11.6 Å². The van der Waals surface area contributed by atoms with E-state index in [9.17, 15) is 14.4 Å². The number of anilines is 1. The molecule has 20 heavy (non-hydrogen) atoms. The fourth-order valence-electron chi connectivity index (χ4n) is 1.27. The van der Waals surface area contributed by atoms with Crippen LogP contribution in [0.5, 0.6) is 0 Å². The highest BCUT2D eigenvalue weighted by Gasteiger charge is 2.21. The summed E-state index contributed by atoms with van der Waals surface area (Å²) in [6.45, 7) is 1.34. The van der Waals surface area contributed by atoms with Crippen molar-refractivity contribution in [2.75, 3.05) is 12.8 Å². The Morgan fingerprint density at radius 3 is 2.55 bits per heavy atom. The van der Waals surface area contributed by atoms with Gasteiger partial charge in [-0.2, -0.15) is 0 Å². The highest BCUT2D eigenvalue weighted by atomic mass is 35.5. The molecule has 3 amide bonds. The minimum atomic E-state index is -1.14. The van der Waals surface area contributed by atoms with Gasteiger partial charge in [0.25, 0.3) is 5.91 Å². The predicted molar refractivity (Wildman–Crippen MR) is 73.3 cm³/mol. The lowest BCUT2D eigenvalue weighted by Crippen LogP contribution is -2.43. The third-order valence-corrected chi connectivity index (χ3v) is 2.59. The molecule has 0 aliphatic rings. The second kappa shape index (κ2) is 6.76. The Bertz CT molecular complexity index is 548. The Morgan fingerprint density at radius 2 is 2.00 bits per heavy atom. The Hall–Kier alpha value is -2.28. The molecule has 7 nitrogen and oxygen atoms in total. The topological polar surface area (TPSA) is 111 Å². The number of esters is 1. The lowest BCUT2D eigenvalue weighted by molar-refractivity contribution is -0.127. The average Bonchev–Trinajstić information content (AvgIpc) is 2.37. The van der Waals surface area contributed by atoms with Gasteiger partial charge in [-0.05, 0) is 25.1 Å². The fraction of sp³-hybridized carbons (Fsp3) is 0.250. The molecule has 0 saturated carbocycles. The molecule has 0 heterocycles. The number of urea groups is 1. The molecule has 0 aliphatic carbocycles. The van der Waals surface area contributed by atoms with Gasteiger partial charge in [-0.25, -0.2) is 9.59 Å². The van der Waals surface area contributed by atoms with E-state index in [1.165, 1.54) is 32.2 Å². The van der Waals surface area contributed by atoms with E-state index in [2.05, 4.69) is 5.32 Å². The maximum Gasteiger partial charge on any atom is 0.341 e. The Labute approximate surface area is 120 Å². The number of rotatable bonds is 3. The van der Waals surface area contributed by atoms with E-state index in [4.69, 9.17) is 22.1 Å². The van der Waals surface area contributed by atoms with Crippen LogP contribution in [0, 0.1) is 0 Å². The Kier molecular flexibility index (Phi) is 5.33. The van der Waals surface area contributed by atoms with Gasteiger partial charge in [-0.1, -0.05) is 11.6 Å². The van der Waals surface area contributed by atoms with Crippen LogP contribution in [0.4, 0.5) is 10.5 Å². The number of nitrogen functional groups attached to an aromatic ring is 1. The molecule has 8 heteroatoms. The summed E-state index contributed by atoms with van der Waals surface area (Å²) in [7, 11) is 1.35. The van der Waals surface area contributed by atoms with Crippen LogP contribution in [-0.2, 0) is 9.53 Å². The van der Waals surface area contributed by atoms with Crippen LogP contribution in [0.15, 0.2) is 18.2 Å². The molecule has 0 aromatic heterocycles. The highest BCUT2D eigenvalue weighted by molar-refractivity contribution is 6.31. The number of carbonyl (C=O) groups is 3. The van der Waals surface area contributed by atoms with Crippen LogP contribution in [0.1, 0.15) is 17.3 Å². The first-order chi connectivity index (χ1) is 9.35. The minimum Gasteiger partial charge on any atom is -0.449 e. The lowest BCUT2D eigenvalue weighted by atomic mass is 10.2. The zero-order valence-electron chi connectivity index (χ0n) is 10.9. The molecular weight excluding hydrogens is 286 g/mol.